The number of amides is 3. The number of carbonyl (C=O) groups is 3. The summed E-state index contributed by atoms with van der Waals surface area (Å²) in [5, 5.41) is 5.42. The smallest absolute Gasteiger partial charge is 0.270 e. The van der Waals surface area contributed by atoms with Crippen molar-refractivity contribution in [1.82, 2.24) is 14.8 Å². The fraction of sp³-hybridized carbons (Fsp3) is 0.810. The molecule has 28 heavy (non-hydrogen) atoms. The first-order valence-electron chi connectivity index (χ1n) is 10.9. The van der Waals surface area contributed by atoms with E-state index in [0.29, 0.717) is 50.6 Å². The summed E-state index contributed by atoms with van der Waals surface area (Å²) in [7, 11) is 1.59. The first-order chi connectivity index (χ1) is 13.4. The molecule has 2 aliphatic heterocycles. The normalized spacial score (nSPS) is 37.3. The summed E-state index contributed by atoms with van der Waals surface area (Å²) in [5.74, 6) is 2.52. The van der Waals surface area contributed by atoms with Crippen molar-refractivity contribution in [2.45, 2.75) is 51.4 Å². The third-order valence-corrected chi connectivity index (χ3v) is 7.80. The molecule has 6 rings (SSSR count). The molecule has 0 aromatic heterocycles. The van der Waals surface area contributed by atoms with Crippen molar-refractivity contribution >= 4 is 23.4 Å². The molecule has 3 amide bonds. The van der Waals surface area contributed by atoms with Crippen LogP contribution in [0.25, 0.3) is 0 Å². The maximum absolute atomic E-state index is 13.5. The van der Waals surface area contributed by atoms with Gasteiger partial charge in [-0.15, -0.1) is 0 Å². The lowest BCUT2D eigenvalue weighted by Gasteiger charge is -2.57. The molecule has 1 saturated heterocycles. The predicted octanol–water partition coefficient (Wildman–Crippen LogP) is 1.48. The van der Waals surface area contributed by atoms with E-state index in [0.717, 1.165) is 37.0 Å². The molecule has 7 nitrogen and oxygen atoms in total. The van der Waals surface area contributed by atoms with Gasteiger partial charge in [0, 0.05) is 46.1 Å². The molecule has 2 heterocycles. The SMILES string of the molecule is CN1N=C(C(=O)N2CCN(C(=O)C34CC5CC(CC(C5)C3)C4)CC2)CCC1=O. The van der Waals surface area contributed by atoms with Gasteiger partial charge >= 0.3 is 0 Å². The number of hydrazone groups is 1. The molecule has 5 fully saturated rings. The zero-order valence-electron chi connectivity index (χ0n) is 16.7. The molecule has 0 aromatic rings. The molecule has 0 atom stereocenters. The Kier molecular flexibility index (Phi) is 4.25. The standard InChI is InChI=1S/C21H30N4O3/c1-23-18(26)3-2-17(22-23)19(27)24-4-6-25(7-5-24)20(28)21-11-14-8-15(12-21)10-16(9-14)13-21/h14-16H,2-13H2,1H3. The molecular weight excluding hydrogens is 356 g/mol. The Balaban J connectivity index is 1.22. The highest BCUT2D eigenvalue weighted by Gasteiger charge is 2.55. The lowest BCUT2D eigenvalue weighted by Crippen LogP contribution is -2.59. The van der Waals surface area contributed by atoms with Crippen molar-refractivity contribution in [2.24, 2.45) is 28.3 Å². The van der Waals surface area contributed by atoms with Crippen LogP contribution in [0.3, 0.4) is 0 Å². The van der Waals surface area contributed by atoms with Crippen LogP contribution < -0.4 is 0 Å². The van der Waals surface area contributed by atoms with E-state index in [1.54, 1.807) is 11.9 Å². The fourth-order valence-electron chi connectivity index (χ4n) is 6.83. The van der Waals surface area contributed by atoms with E-state index in [-0.39, 0.29) is 17.2 Å². The fourth-order valence-corrected chi connectivity index (χ4v) is 6.83. The van der Waals surface area contributed by atoms with Gasteiger partial charge in [0.15, 0.2) is 0 Å². The summed E-state index contributed by atoms with van der Waals surface area (Å²) >= 11 is 0. The summed E-state index contributed by atoms with van der Waals surface area (Å²) < 4.78 is 0. The Labute approximate surface area is 166 Å². The van der Waals surface area contributed by atoms with E-state index in [9.17, 15) is 14.4 Å². The van der Waals surface area contributed by atoms with Crippen molar-refractivity contribution < 1.29 is 14.4 Å². The number of nitrogens with zero attached hydrogens (tertiary/aromatic N) is 4. The second-order valence-electron chi connectivity index (χ2n) is 9.75. The minimum absolute atomic E-state index is 0.0532. The molecule has 4 aliphatic carbocycles. The van der Waals surface area contributed by atoms with E-state index in [1.807, 2.05) is 4.90 Å². The van der Waals surface area contributed by atoms with E-state index >= 15 is 0 Å². The zero-order valence-corrected chi connectivity index (χ0v) is 16.7. The second kappa shape index (κ2) is 6.56. The van der Waals surface area contributed by atoms with Crippen molar-refractivity contribution in [3.05, 3.63) is 0 Å². The molecule has 6 aliphatic rings. The highest BCUT2D eigenvalue weighted by atomic mass is 16.2. The van der Waals surface area contributed by atoms with Gasteiger partial charge in [-0.25, -0.2) is 5.01 Å². The largest absolute Gasteiger partial charge is 0.339 e. The lowest BCUT2D eigenvalue weighted by molar-refractivity contribution is -0.160. The number of hydrogen-bond acceptors (Lipinski definition) is 4. The van der Waals surface area contributed by atoms with Crippen LogP contribution in [0.1, 0.15) is 51.4 Å². The average Bonchev–Trinajstić information content (AvgIpc) is 2.68. The van der Waals surface area contributed by atoms with Crippen molar-refractivity contribution in [2.75, 3.05) is 33.2 Å². The topological polar surface area (TPSA) is 73.3 Å². The quantitative estimate of drug-likeness (QED) is 0.722. The summed E-state index contributed by atoms with van der Waals surface area (Å²) in [6.45, 7) is 2.37. The molecule has 0 aromatic carbocycles. The van der Waals surface area contributed by atoms with Crippen LogP contribution in [0.4, 0.5) is 0 Å². The van der Waals surface area contributed by atoms with Crippen LogP contribution in [-0.4, -0.2) is 71.5 Å². The summed E-state index contributed by atoms with van der Waals surface area (Å²) in [6, 6.07) is 0. The maximum atomic E-state index is 13.5. The van der Waals surface area contributed by atoms with Gasteiger partial charge in [0.2, 0.25) is 11.8 Å². The molecule has 7 heteroatoms. The number of rotatable bonds is 2. The molecule has 152 valence electrons. The minimum Gasteiger partial charge on any atom is -0.339 e. The van der Waals surface area contributed by atoms with Crippen LogP contribution in [-0.2, 0) is 14.4 Å². The predicted molar refractivity (Wildman–Crippen MR) is 103 cm³/mol. The molecule has 0 unspecified atom stereocenters. The number of hydrogen-bond donors (Lipinski definition) is 0. The minimum atomic E-state index is -0.0997. The van der Waals surface area contributed by atoms with E-state index in [4.69, 9.17) is 0 Å². The zero-order chi connectivity index (χ0) is 19.5. The summed E-state index contributed by atoms with van der Waals surface area (Å²) in [4.78, 5) is 41.6. The summed E-state index contributed by atoms with van der Waals surface area (Å²) in [6.07, 6.45) is 8.05. The van der Waals surface area contributed by atoms with E-state index in [1.165, 1.54) is 24.3 Å². The Bertz CT molecular complexity index is 703. The van der Waals surface area contributed by atoms with Gasteiger partial charge in [-0.1, -0.05) is 0 Å². The van der Waals surface area contributed by atoms with Gasteiger partial charge in [-0.3, -0.25) is 14.4 Å². The van der Waals surface area contributed by atoms with E-state index < -0.39 is 0 Å². The van der Waals surface area contributed by atoms with Crippen LogP contribution in [0.15, 0.2) is 5.10 Å². The molecule has 0 spiro atoms. The van der Waals surface area contributed by atoms with Crippen LogP contribution in [0, 0.1) is 23.2 Å². The van der Waals surface area contributed by atoms with Gasteiger partial charge in [0.25, 0.3) is 5.91 Å². The molecule has 4 bridgehead atoms. The summed E-state index contributed by atoms with van der Waals surface area (Å²) in [5.41, 5.74) is 0.361. The highest BCUT2D eigenvalue weighted by Crippen LogP contribution is 2.60. The highest BCUT2D eigenvalue weighted by molar-refractivity contribution is 6.39. The van der Waals surface area contributed by atoms with Crippen molar-refractivity contribution in [1.29, 1.82) is 0 Å². The van der Waals surface area contributed by atoms with Gasteiger partial charge in [0.1, 0.15) is 5.71 Å². The number of piperazine rings is 1. The third kappa shape index (κ3) is 2.94. The Morgan fingerprint density at radius 2 is 1.43 bits per heavy atom. The first-order valence-corrected chi connectivity index (χ1v) is 10.9. The van der Waals surface area contributed by atoms with E-state index in [2.05, 4.69) is 5.10 Å². The molecule has 4 saturated carbocycles. The Morgan fingerprint density at radius 1 is 0.893 bits per heavy atom. The molecule has 0 radical (unpaired) electrons. The van der Waals surface area contributed by atoms with Crippen molar-refractivity contribution in [3.8, 4) is 0 Å². The van der Waals surface area contributed by atoms with Crippen LogP contribution in [0.2, 0.25) is 0 Å². The Morgan fingerprint density at radius 3 is 1.96 bits per heavy atom. The second-order valence-corrected chi connectivity index (χ2v) is 9.75. The third-order valence-electron chi connectivity index (χ3n) is 7.80. The molecular formula is C21H30N4O3. The van der Waals surface area contributed by atoms with Gasteiger partial charge in [0.05, 0.1) is 5.41 Å². The molecule has 0 N–H and O–H groups in total. The van der Waals surface area contributed by atoms with Gasteiger partial charge in [-0.2, -0.15) is 5.10 Å². The first kappa shape index (κ1) is 18.1. The maximum Gasteiger partial charge on any atom is 0.270 e. The van der Waals surface area contributed by atoms with Gasteiger partial charge in [-0.05, 0) is 56.3 Å². The monoisotopic (exact) mass is 386 g/mol. The van der Waals surface area contributed by atoms with Crippen LogP contribution >= 0.6 is 0 Å². The van der Waals surface area contributed by atoms with Gasteiger partial charge < -0.3 is 9.80 Å². The lowest BCUT2D eigenvalue weighted by atomic mass is 9.49. The average molecular weight is 386 g/mol. The van der Waals surface area contributed by atoms with Crippen molar-refractivity contribution in [3.63, 3.8) is 0 Å². The number of carbonyl (C=O) groups excluding carboxylic acids is 3. The van der Waals surface area contributed by atoms with Crippen LogP contribution in [0.5, 0.6) is 0 Å². The Hall–Kier alpha value is -1.92.